The van der Waals surface area contributed by atoms with Gasteiger partial charge < -0.3 is 30.3 Å². The van der Waals surface area contributed by atoms with Crippen LogP contribution in [0.15, 0.2) is 30.3 Å². The van der Waals surface area contributed by atoms with Gasteiger partial charge in [0.2, 0.25) is 0 Å². The Hall–Kier alpha value is -0.670. The normalized spacial score (nSPS) is 16.5. The fraction of sp³-hybridized carbons (Fsp3) is 0.647. The summed E-state index contributed by atoms with van der Waals surface area (Å²) in [5.41, 5.74) is 1.28. The van der Waals surface area contributed by atoms with Crippen molar-refractivity contribution in [2.75, 3.05) is 19.0 Å². The molecule has 0 radical (unpaired) electrons. The van der Waals surface area contributed by atoms with Gasteiger partial charge in [0.05, 0.1) is 6.10 Å². The molecule has 0 heterocycles. The number of rotatable bonds is 13. The molecule has 1 aromatic carbocycles. The summed E-state index contributed by atoms with van der Waals surface area (Å²) in [5.74, 6) is 1.92. The Morgan fingerprint density at radius 3 is 2.33 bits per heavy atom. The van der Waals surface area contributed by atoms with Gasteiger partial charge in [0.15, 0.2) is 6.29 Å². The predicted octanol–water partition coefficient (Wildman–Crippen LogP) is 0.500. The van der Waals surface area contributed by atoms with Crippen molar-refractivity contribution in [3.05, 3.63) is 35.9 Å². The summed E-state index contributed by atoms with van der Waals surface area (Å²) in [4.78, 5) is 0. The molecule has 0 saturated carbocycles. The van der Waals surface area contributed by atoms with E-state index in [9.17, 15) is 20.4 Å². The second-order valence-electron chi connectivity index (χ2n) is 5.57. The lowest BCUT2D eigenvalue weighted by atomic mass is 10.1. The molecule has 0 spiro atoms. The van der Waals surface area contributed by atoms with Crippen LogP contribution in [0.25, 0.3) is 0 Å². The smallest absolute Gasteiger partial charge is 0.183 e. The van der Waals surface area contributed by atoms with E-state index in [-0.39, 0.29) is 19.6 Å². The lowest BCUT2D eigenvalue weighted by Gasteiger charge is -2.26. The minimum absolute atomic E-state index is 0.0798. The second-order valence-corrected chi connectivity index (χ2v) is 6.67. The lowest BCUT2D eigenvalue weighted by Crippen LogP contribution is -2.45. The van der Waals surface area contributed by atoms with Crippen LogP contribution in [0.3, 0.4) is 0 Å². The molecule has 0 fully saturated rings. The van der Waals surface area contributed by atoms with Gasteiger partial charge in [-0.05, 0) is 30.6 Å². The number of thioether (sulfide) groups is 1. The molecule has 1 aromatic rings. The molecule has 24 heavy (non-hydrogen) atoms. The summed E-state index contributed by atoms with van der Waals surface area (Å²) in [6, 6.07) is 10.2. The highest BCUT2D eigenvalue weighted by Gasteiger charge is 2.30. The van der Waals surface area contributed by atoms with E-state index < -0.39 is 24.6 Å². The Labute approximate surface area is 147 Å². The van der Waals surface area contributed by atoms with Crippen molar-refractivity contribution in [1.29, 1.82) is 0 Å². The van der Waals surface area contributed by atoms with Crippen molar-refractivity contribution in [1.82, 2.24) is 0 Å². The number of aliphatic hydroxyl groups excluding tert-OH is 5. The molecule has 0 aliphatic heterocycles. The first-order valence-electron chi connectivity index (χ1n) is 8.12. The monoisotopic (exact) mass is 360 g/mol. The Morgan fingerprint density at radius 1 is 0.958 bits per heavy atom. The van der Waals surface area contributed by atoms with E-state index in [1.807, 2.05) is 30.0 Å². The Kier molecular flexibility index (Phi) is 11.3. The van der Waals surface area contributed by atoms with E-state index >= 15 is 0 Å². The summed E-state index contributed by atoms with van der Waals surface area (Å²) in [6.45, 7) is -0.0600. The molecule has 6 nitrogen and oxygen atoms in total. The molecule has 5 N–H and O–H groups in total. The minimum Gasteiger partial charge on any atom is -0.396 e. The number of hydrogen-bond donors (Lipinski definition) is 5. The molecule has 0 aliphatic rings. The third kappa shape index (κ3) is 8.43. The molecule has 0 amide bonds. The van der Waals surface area contributed by atoms with Gasteiger partial charge in [-0.3, -0.25) is 0 Å². The van der Waals surface area contributed by atoms with E-state index in [0.717, 1.165) is 24.3 Å². The molecule has 1 unspecified atom stereocenters. The predicted molar refractivity (Wildman–Crippen MR) is 93.5 cm³/mol. The topological polar surface area (TPSA) is 110 Å². The van der Waals surface area contributed by atoms with E-state index in [1.165, 1.54) is 5.56 Å². The van der Waals surface area contributed by atoms with E-state index in [0.29, 0.717) is 0 Å². The first-order valence-corrected chi connectivity index (χ1v) is 9.28. The fourth-order valence-electron chi connectivity index (χ4n) is 2.07. The molecular weight excluding hydrogens is 332 g/mol. The molecule has 7 heteroatoms. The standard InChI is InChI=1S/C17H28O6S/c18-9-8-14(19)15(20)16(21)17(22)23-10-4-5-11-24-12-13-6-2-1-3-7-13/h1-3,6-7,14-22H,4-5,8-12H2/t14-,15?,16+,17+/m1/s1. The number of hydrogen-bond acceptors (Lipinski definition) is 7. The van der Waals surface area contributed by atoms with Crippen molar-refractivity contribution >= 4 is 11.8 Å². The maximum absolute atomic E-state index is 9.68. The maximum Gasteiger partial charge on any atom is 0.183 e. The molecule has 0 saturated heterocycles. The Bertz CT molecular complexity index is 419. The van der Waals surface area contributed by atoms with Gasteiger partial charge in [0.25, 0.3) is 0 Å². The first-order chi connectivity index (χ1) is 11.6. The van der Waals surface area contributed by atoms with Crippen molar-refractivity contribution < 1.29 is 30.3 Å². The van der Waals surface area contributed by atoms with Crippen molar-refractivity contribution in [2.45, 2.75) is 49.6 Å². The number of aliphatic hydroxyl groups is 5. The van der Waals surface area contributed by atoms with Gasteiger partial charge in [-0.15, -0.1) is 0 Å². The van der Waals surface area contributed by atoms with Crippen molar-refractivity contribution in [2.24, 2.45) is 0 Å². The highest BCUT2D eigenvalue weighted by molar-refractivity contribution is 7.98. The van der Waals surface area contributed by atoms with Crippen LogP contribution >= 0.6 is 11.8 Å². The van der Waals surface area contributed by atoms with E-state index in [1.54, 1.807) is 0 Å². The quantitative estimate of drug-likeness (QED) is 0.257. The number of ether oxygens (including phenoxy) is 1. The minimum atomic E-state index is -1.61. The summed E-state index contributed by atoms with van der Waals surface area (Å²) >= 11 is 1.82. The molecule has 0 aliphatic carbocycles. The van der Waals surface area contributed by atoms with Crippen LogP contribution in [0.2, 0.25) is 0 Å². The van der Waals surface area contributed by atoms with Crippen LogP contribution in [-0.4, -0.2) is 69.1 Å². The molecule has 138 valence electrons. The second kappa shape index (κ2) is 12.7. The summed E-state index contributed by atoms with van der Waals surface area (Å²) in [6.07, 6.45) is -4.49. The zero-order chi connectivity index (χ0) is 17.8. The van der Waals surface area contributed by atoms with Crippen LogP contribution in [0, 0.1) is 0 Å². The van der Waals surface area contributed by atoms with Gasteiger partial charge in [-0.2, -0.15) is 11.8 Å². The van der Waals surface area contributed by atoms with E-state index in [4.69, 9.17) is 9.84 Å². The van der Waals surface area contributed by atoms with Crippen molar-refractivity contribution in [3.8, 4) is 0 Å². The van der Waals surface area contributed by atoms with Crippen LogP contribution in [0.4, 0.5) is 0 Å². The average Bonchev–Trinajstić information content (AvgIpc) is 2.60. The highest BCUT2D eigenvalue weighted by atomic mass is 32.2. The SMILES string of the molecule is OCC[C@@H](O)C(O)[C@H](O)[C@@H](O)OCCCCSCc1ccccc1. The summed E-state index contributed by atoms with van der Waals surface area (Å²) in [7, 11) is 0. The van der Waals surface area contributed by atoms with Gasteiger partial charge in [0, 0.05) is 19.0 Å². The number of benzene rings is 1. The molecular formula is C17H28O6S. The molecule has 0 aromatic heterocycles. The first kappa shape index (κ1) is 21.4. The van der Waals surface area contributed by atoms with E-state index in [2.05, 4.69) is 12.1 Å². The molecule has 1 rings (SSSR count). The number of unbranched alkanes of at least 4 members (excludes halogenated alkanes) is 1. The van der Waals surface area contributed by atoms with Crippen LogP contribution < -0.4 is 0 Å². The Morgan fingerprint density at radius 2 is 1.67 bits per heavy atom. The lowest BCUT2D eigenvalue weighted by molar-refractivity contribution is -0.203. The summed E-state index contributed by atoms with van der Waals surface area (Å²) < 4.78 is 5.08. The third-order valence-corrected chi connectivity index (χ3v) is 4.66. The van der Waals surface area contributed by atoms with Gasteiger partial charge in [-0.1, -0.05) is 30.3 Å². The van der Waals surface area contributed by atoms with Gasteiger partial charge in [0.1, 0.15) is 12.2 Å². The van der Waals surface area contributed by atoms with Crippen molar-refractivity contribution in [3.63, 3.8) is 0 Å². The zero-order valence-electron chi connectivity index (χ0n) is 13.7. The van der Waals surface area contributed by atoms with Gasteiger partial charge >= 0.3 is 0 Å². The fourth-order valence-corrected chi connectivity index (χ4v) is 3.05. The largest absolute Gasteiger partial charge is 0.396 e. The van der Waals surface area contributed by atoms with Crippen LogP contribution in [-0.2, 0) is 10.5 Å². The average molecular weight is 360 g/mol. The van der Waals surface area contributed by atoms with Crippen LogP contribution in [0.1, 0.15) is 24.8 Å². The van der Waals surface area contributed by atoms with Crippen LogP contribution in [0.5, 0.6) is 0 Å². The molecule has 4 atom stereocenters. The third-order valence-electron chi connectivity index (χ3n) is 3.54. The highest BCUT2D eigenvalue weighted by Crippen LogP contribution is 2.14. The maximum atomic E-state index is 9.68. The zero-order valence-corrected chi connectivity index (χ0v) is 14.5. The Balaban J connectivity index is 2.07. The van der Waals surface area contributed by atoms with Gasteiger partial charge in [-0.25, -0.2) is 0 Å². The summed E-state index contributed by atoms with van der Waals surface area (Å²) in [5, 5.41) is 47.1. The molecule has 0 bridgehead atoms.